The molecule has 1 aromatic rings. The van der Waals surface area contributed by atoms with E-state index in [4.69, 9.17) is 9.47 Å². The first-order valence-corrected chi connectivity index (χ1v) is 10.5. The molecule has 6 nitrogen and oxygen atoms in total. The Bertz CT molecular complexity index is 709. The number of likely N-dealkylation sites (tertiary alicyclic amines) is 1. The Labute approximate surface area is 174 Å². The minimum Gasteiger partial charge on any atom is -0.493 e. The first-order chi connectivity index (χ1) is 14.0. The van der Waals surface area contributed by atoms with E-state index >= 15 is 0 Å². The van der Waals surface area contributed by atoms with Gasteiger partial charge in [0.15, 0.2) is 11.5 Å². The van der Waals surface area contributed by atoms with Crippen LogP contribution < -0.4 is 9.47 Å². The first-order valence-electron chi connectivity index (χ1n) is 10.5. The third-order valence-electron chi connectivity index (χ3n) is 5.29. The van der Waals surface area contributed by atoms with Crippen molar-refractivity contribution < 1.29 is 19.1 Å². The maximum absolute atomic E-state index is 12.5. The second kappa shape index (κ2) is 11.5. The predicted octanol–water partition coefficient (Wildman–Crippen LogP) is 3.60. The highest BCUT2D eigenvalue weighted by Gasteiger charge is 2.28. The molecule has 160 valence electrons. The van der Waals surface area contributed by atoms with Crippen LogP contribution in [-0.2, 0) is 9.59 Å². The minimum atomic E-state index is -0.0241. The summed E-state index contributed by atoms with van der Waals surface area (Å²) in [5.41, 5.74) is 0.880. The topological polar surface area (TPSA) is 59.1 Å². The van der Waals surface area contributed by atoms with E-state index in [1.807, 2.05) is 42.0 Å². The summed E-state index contributed by atoms with van der Waals surface area (Å²) in [6, 6.07) is 5.59. The zero-order chi connectivity index (χ0) is 21.2. The van der Waals surface area contributed by atoms with Crippen molar-refractivity contribution in [2.75, 3.05) is 40.4 Å². The van der Waals surface area contributed by atoms with Gasteiger partial charge in [-0.05, 0) is 50.0 Å². The fraction of sp³-hybridized carbons (Fsp3) is 0.565. The monoisotopic (exact) mass is 402 g/mol. The minimum absolute atomic E-state index is 0.0241. The van der Waals surface area contributed by atoms with Gasteiger partial charge >= 0.3 is 0 Å². The molecule has 0 aromatic heterocycles. The number of benzene rings is 1. The van der Waals surface area contributed by atoms with Gasteiger partial charge in [-0.15, -0.1) is 0 Å². The van der Waals surface area contributed by atoms with E-state index < -0.39 is 0 Å². The van der Waals surface area contributed by atoms with Crippen LogP contribution in [0.25, 0.3) is 6.08 Å². The summed E-state index contributed by atoms with van der Waals surface area (Å²) in [6.07, 6.45) is 6.95. The van der Waals surface area contributed by atoms with Crippen LogP contribution in [0.1, 0.15) is 45.1 Å². The van der Waals surface area contributed by atoms with E-state index in [2.05, 4.69) is 6.92 Å². The smallest absolute Gasteiger partial charge is 0.246 e. The lowest BCUT2D eigenvalue weighted by Gasteiger charge is -2.32. The highest BCUT2D eigenvalue weighted by molar-refractivity contribution is 5.92. The zero-order valence-electron chi connectivity index (χ0n) is 18.1. The molecule has 0 N–H and O–H groups in total. The molecular formula is C23H34N2O4. The van der Waals surface area contributed by atoms with Crippen LogP contribution in [0.5, 0.6) is 11.5 Å². The lowest BCUT2D eigenvalue weighted by atomic mass is 9.95. The van der Waals surface area contributed by atoms with Crippen LogP contribution in [0.2, 0.25) is 0 Å². The van der Waals surface area contributed by atoms with Gasteiger partial charge in [0.25, 0.3) is 0 Å². The number of carbonyl (C=O) groups is 2. The molecule has 1 fully saturated rings. The normalized spacial score (nSPS) is 14.8. The zero-order valence-corrected chi connectivity index (χ0v) is 18.1. The van der Waals surface area contributed by atoms with Gasteiger partial charge in [0.1, 0.15) is 0 Å². The standard InChI is InChI=1S/C23H34N2O4/c1-5-7-14-24(3)23(27)19-12-15-25(16-13-19)22(26)11-9-18-8-10-20(28-4)21(17-18)29-6-2/h8-11,17,19H,5-7,12-16H2,1-4H3/b11-9+. The van der Waals surface area contributed by atoms with E-state index in [0.717, 1.165) is 37.8 Å². The molecule has 6 heteroatoms. The van der Waals surface area contributed by atoms with Gasteiger partial charge in [0, 0.05) is 38.7 Å². The molecule has 1 heterocycles. The van der Waals surface area contributed by atoms with E-state index in [1.54, 1.807) is 19.3 Å². The molecule has 1 aromatic carbocycles. The Morgan fingerprint density at radius 3 is 2.55 bits per heavy atom. The van der Waals surface area contributed by atoms with Crippen molar-refractivity contribution >= 4 is 17.9 Å². The summed E-state index contributed by atoms with van der Waals surface area (Å²) in [7, 11) is 3.48. The number of piperidine rings is 1. The first kappa shape index (κ1) is 22.8. The van der Waals surface area contributed by atoms with Crippen molar-refractivity contribution in [2.24, 2.45) is 5.92 Å². The number of nitrogens with zero attached hydrogens (tertiary/aromatic N) is 2. The van der Waals surface area contributed by atoms with E-state index in [9.17, 15) is 9.59 Å². The number of unbranched alkanes of at least 4 members (excludes halogenated alkanes) is 1. The number of rotatable bonds is 9. The number of ether oxygens (including phenoxy) is 2. The van der Waals surface area contributed by atoms with Crippen molar-refractivity contribution in [3.05, 3.63) is 29.8 Å². The molecule has 0 radical (unpaired) electrons. The maximum Gasteiger partial charge on any atom is 0.246 e. The average Bonchev–Trinajstić information content (AvgIpc) is 2.75. The molecule has 0 unspecified atom stereocenters. The molecule has 0 bridgehead atoms. The van der Waals surface area contributed by atoms with Gasteiger partial charge in [-0.1, -0.05) is 19.4 Å². The van der Waals surface area contributed by atoms with Gasteiger partial charge in [-0.2, -0.15) is 0 Å². The van der Waals surface area contributed by atoms with Gasteiger partial charge in [0.05, 0.1) is 13.7 Å². The summed E-state index contributed by atoms with van der Waals surface area (Å²) >= 11 is 0. The quantitative estimate of drug-likeness (QED) is 0.592. The summed E-state index contributed by atoms with van der Waals surface area (Å²) < 4.78 is 10.9. The van der Waals surface area contributed by atoms with Crippen LogP contribution in [0.15, 0.2) is 24.3 Å². The van der Waals surface area contributed by atoms with Crippen molar-refractivity contribution in [3.63, 3.8) is 0 Å². The highest BCUT2D eigenvalue weighted by atomic mass is 16.5. The third-order valence-corrected chi connectivity index (χ3v) is 5.29. The lowest BCUT2D eigenvalue weighted by Crippen LogP contribution is -2.43. The molecule has 0 spiro atoms. The van der Waals surface area contributed by atoms with Crippen LogP contribution in [-0.4, -0.2) is 62.0 Å². The van der Waals surface area contributed by atoms with Crippen molar-refractivity contribution in [2.45, 2.75) is 39.5 Å². The lowest BCUT2D eigenvalue weighted by molar-refractivity contribution is -0.138. The summed E-state index contributed by atoms with van der Waals surface area (Å²) in [5, 5.41) is 0. The van der Waals surface area contributed by atoms with Gasteiger partial charge in [0.2, 0.25) is 11.8 Å². The Hall–Kier alpha value is -2.50. The largest absolute Gasteiger partial charge is 0.493 e. The van der Waals surface area contributed by atoms with Crippen molar-refractivity contribution in [1.82, 2.24) is 9.80 Å². The van der Waals surface area contributed by atoms with Crippen LogP contribution in [0, 0.1) is 5.92 Å². The number of carbonyl (C=O) groups excluding carboxylic acids is 2. The Balaban J connectivity index is 1.89. The van der Waals surface area contributed by atoms with Crippen molar-refractivity contribution in [1.29, 1.82) is 0 Å². The highest BCUT2D eigenvalue weighted by Crippen LogP contribution is 2.28. The van der Waals surface area contributed by atoms with Crippen LogP contribution in [0.4, 0.5) is 0 Å². The molecule has 1 saturated heterocycles. The number of amides is 2. The third kappa shape index (κ3) is 6.51. The van der Waals surface area contributed by atoms with Crippen LogP contribution >= 0.6 is 0 Å². The second-order valence-corrected chi connectivity index (χ2v) is 7.39. The number of hydrogen-bond donors (Lipinski definition) is 0. The van der Waals surface area contributed by atoms with E-state index in [1.165, 1.54) is 0 Å². The fourth-order valence-corrected chi connectivity index (χ4v) is 3.50. The molecule has 0 saturated carbocycles. The molecule has 1 aliphatic heterocycles. The Kier molecular flexibility index (Phi) is 9.03. The summed E-state index contributed by atoms with van der Waals surface area (Å²) in [5.74, 6) is 1.55. The van der Waals surface area contributed by atoms with Gasteiger partial charge in [-0.3, -0.25) is 9.59 Å². The van der Waals surface area contributed by atoms with Gasteiger partial charge < -0.3 is 19.3 Å². The number of methoxy groups -OCH3 is 1. The SMILES string of the molecule is CCCCN(C)C(=O)C1CCN(C(=O)/C=C/c2ccc(OC)c(OCC)c2)CC1. The molecule has 2 amide bonds. The fourth-order valence-electron chi connectivity index (χ4n) is 3.50. The maximum atomic E-state index is 12.5. The van der Waals surface area contributed by atoms with Crippen LogP contribution in [0.3, 0.4) is 0 Å². The molecule has 29 heavy (non-hydrogen) atoms. The number of hydrogen-bond acceptors (Lipinski definition) is 4. The molecule has 0 atom stereocenters. The van der Waals surface area contributed by atoms with E-state index in [-0.39, 0.29) is 17.7 Å². The predicted molar refractivity (Wildman–Crippen MR) is 115 cm³/mol. The second-order valence-electron chi connectivity index (χ2n) is 7.39. The molecule has 2 rings (SSSR count). The van der Waals surface area contributed by atoms with E-state index in [0.29, 0.717) is 31.2 Å². The average molecular weight is 403 g/mol. The van der Waals surface area contributed by atoms with Gasteiger partial charge in [-0.25, -0.2) is 0 Å². The van der Waals surface area contributed by atoms with Crippen molar-refractivity contribution in [3.8, 4) is 11.5 Å². The molecule has 1 aliphatic rings. The Morgan fingerprint density at radius 2 is 1.93 bits per heavy atom. The summed E-state index contributed by atoms with van der Waals surface area (Å²) in [4.78, 5) is 28.7. The summed E-state index contributed by atoms with van der Waals surface area (Å²) in [6.45, 7) is 6.63. The molecule has 0 aliphatic carbocycles. The Morgan fingerprint density at radius 1 is 1.21 bits per heavy atom. The molecular weight excluding hydrogens is 368 g/mol.